The lowest BCUT2D eigenvalue weighted by Gasteiger charge is -2.08. The zero-order chi connectivity index (χ0) is 19.0. The van der Waals surface area contributed by atoms with Gasteiger partial charge in [-0.3, -0.25) is 0 Å². The van der Waals surface area contributed by atoms with E-state index in [1.54, 1.807) is 48.5 Å². The van der Waals surface area contributed by atoms with Crippen molar-refractivity contribution in [3.8, 4) is 22.3 Å². The van der Waals surface area contributed by atoms with Gasteiger partial charge in [-0.15, -0.1) is 0 Å². The van der Waals surface area contributed by atoms with Crippen molar-refractivity contribution in [1.82, 2.24) is 8.75 Å². The number of aromatic nitrogens is 2. The van der Waals surface area contributed by atoms with E-state index in [2.05, 4.69) is 8.75 Å². The molecule has 27 heavy (non-hydrogen) atoms. The van der Waals surface area contributed by atoms with E-state index in [0.29, 0.717) is 0 Å². The highest BCUT2D eigenvalue weighted by Gasteiger charge is 2.14. The molecule has 4 aromatic rings. The van der Waals surface area contributed by atoms with Crippen LogP contribution in [0.4, 0.5) is 0 Å². The van der Waals surface area contributed by atoms with E-state index in [-0.39, 0.29) is 11.1 Å². The predicted molar refractivity (Wildman–Crippen MR) is 102 cm³/mol. The quantitative estimate of drug-likeness (QED) is 0.547. The molecule has 0 bridgehead atoms. The van der Waals surface area contributed by atoms with Crippen LogP contribution in [-0.2, 0) is 0 Å². The molecule has 0 saturated carbocycles. The van der Waals surface area contributed by atoms with Crippen molar-refractivity contribution < 1.29 is 19.8 Å². The van der Waals surface area contributed by atoms with Crippen LogP contribution in [0.5, 0.6) is 0 Å². The number of aromatic carboxylic acids is 2. The van der Waals surface area contributed by atoms with Gasteiger partial charge in [0.2, 0.25) is 0 Å². The maximum Gasteiger partial charge on any atom is 0.335 e. The molecule has 0 radical (unpaired) electrons. The Morgan fingerprint density at radius 2 is 1.00 bits per heavy atom. The summed E-state index contributed by atoms with van der Waals surface area (Å²) in [6.07, 6.45) is 0. The van der Waals surface area contributed by atoms with E-state index in [4.69, 9.17) is 10.2 Å². The molecule has 7 heteroatoms. The second kappa shape index (κ2) is 6.62. The van der Waals surface area contributed by atoms with Crippen molar-refractivity contribution in [2.24, 2.45) is 0 Å². The molecule has 1 heterocycles. The minimum atomic E-state index is -0.970. The Kier molecular flexibility index (Phi) is 4.13. The van der Waals surface area contributed by atoms with Gasteiger partial charge in [0.1, 0.15) is 11.0 Å². The van der Waals surface area contributed by atoms with Gasteiger partial charge in [-0.2, -0.15) is 8.75 Å². The van der Waals surface area contributed by atoms with E-state index < -0.39 is 11.9 Å². The Morgan fingerprint density at radius 1 is 0.630 bits per heavy atom. The van der Waals surface area contributed by atoms with E-state index in [1.165, 1.54) is 0 Å². The Labute approximate surface area is 157 Å². The molecule has 0 unspecified atom stereocenters. The Balaban J connectivity index is 1.80. The summed E-state index contributed by atoms with van der Waals surface area (Å²) in [6.45, 7) is 0. The summed E-state index contributed by atoms with van der Waals surface area (Å²) < 4.78 is 8.81. The maximum absolute atomic E-state index is 11.0. The zero-order valence-corrected chi connectivity index (χ0v) is 14.6. The molecule has 132 valence electrons. The van der Waals surface area contributed by atoms with Crippen molar-refractivity contribution in [3.05, 3.63) is 71.8 Å². The van der Waals surface area contributed by atoms with Crippen LogP contribution in [0, 0.1) is 0 Å². The number of fused-ring (bicyclic) bond motifs is 1. The van der Waals surface area contributed by atoms with Crippen LogP contribution in [0.25, 0.3) is 33.3 Å². The number of benzene rings is 3. The molecule has 0 aliphatic heterocycles. The smallest absolute Gasteiger partial charge is 0.335 e. The van der Waals surface area contributed by atoms with E-state index in [1.807, 2.05) is 12.1 Å². The lowest BCUT2D eigenvalue weighted by atomic mass is 9.97. The summed E-state index contributed by atoms with van der Waals surface area (Å²) in [4.78, 5) is 22.1. The number of hydrogen-bond acceptors (Lipinski definition) is 5. The molecule has 0 spiro atoms. The first-order chi connectivity index (χ1) is 13.0. The molecule has 6 nitrogen and oxygen atoms in total. The Hall–Kier alpha value is -3.58. The third-order valence-corrected chi connectivity index (χ3v) is 4.83. The molecule has 0 aliphatic rings. The van der Waals surface area contributed by atoms with Gasteiger partial charge in [0.15, 0.2) is 0 Å². The normalized spacial score (nSPS) is 10.8. The number of carboxylic acids is 2. The van der Waals surface area contributed by atoms with Crippen molar-refractivity contribution >= 4 is 34.7 Å². The van der Waals surface area contributed by atoms with E-state index in [9.17, 15) is 9.59 Å². The lowest BCUT2D eigenvalue weighted by Crippen LogP contribution is -1.95. The Morgan fingerprint density at radius 3 is 1.33 bits per heavy atom. The van der Waals surface area contributed by atoms with Crippen molar-refractivity contribution in [1.29, 1.82) is 0 Å². The fourth-order valence-electron chi connectivity index (χ4n) is 2.92. The van der Waals surface area contributed by atoms with Crippen LogP contribution in [0.2, 0.25) is 0 Å². The Bertz CT molecular complexity index is 1070. The van der Waals surface area contributed by atoms with Crippen LogP contribution in [0.15, 0.2) is 60.7 Å². The zero-order valence-electron chi connectivity index (χ0n) is 13.8. The maximum atomic E-state index is 11.0. The van der Waals surface area contributed by atoms with Crippen LogP contribution < -0.4 is 0 Å². The number of hydrogen-bond donors (Lipinski definition) is 2. The van der Waals surface area contributed by atoms with Gasteiger partial charge in [0, 0.05) is 11.1 Å². The molecular formula is C20H12N2O4S. The molecular weight excluding hydrogens is 364 g/mol. The second-order valence-electron chi connectivity index (χ2n) is 5.89. The number of carbonyl (C=O) groups is 2. The number of rotatable bonds is 4. The minimum absolute atomic E-state index is 0.224. The van der Waals surface area contributed by atoms with Crippen LogP contribution in [-0.4, -0.2) is 30.9 Å². The van der Waals surface area contributed by atoms with Gasteiger partial charge >= 0.3 is 11.9 Å². The minimum Gasteiger partial charge on any atom is -0.478 e. The van der Waals surface area contributed by atoms with Gasteiger partial charge in [-0.1, -0.05) is 36.4 Å². The molecule has 0 amide bonds. The number of nitrogens with zero attached hydrogens (tertiary/aromatic N) is 2. The summed E-state index contributed by atoms with van der Waals surface area (Å²) >= 11 is 1.10. The van der Waals surface area contributed by atoms with Gasteiger partial charge < -0.3 is 10.2 Å². The molecule has 0 atom stereocenters. The molecule has 0 fully saturated rings. The van der Waals surface area contributed by atoms with Crippen LogP contribution >= 0.6 is 11.7 Å². The molecule has 3 aromatic carbocycles. The first-order valence-corrected chi connectivity index (χ1v) is 8.70. The van der Waals surface area contributed by atoms with Crippen molar-refractivity contribution in [2.45, 2.75) is 0 Å². The monoisotopic (exact) mass is 376 g/mol. The highest BCUT2D eigenvalue weighted by molar-refractivity contribution is 7.00. The summed E-state index contributed by atoms with van der Waals surface area (Å²) in [5, 5.41) is 18.1. The van der Waals surface area contributed by atoms with Gasteiger partial charge in [0.05, 0.1) is 22.9 Å². The third-order valence-electron chi connectivity index (χ3n) is 4.30. The molecule has 0 saturated heterocycles. The van der Waals surface area contributed by atoms with Gasteiger partial charge in [-0.05, 0) is 35.4 Å². The second-order valence-corrected chi connectivity index (χ2v) is 6.42. The highest BCUT2D eigenvalue weighted by atomic mass is 32.1. The summed E-state index contributed by atoms with van der Waals surface area (Å²) in [5.74, 6) is -1.94. The van der Waals surface area contributed by atoms with E-state index >= 15 is 0 Å². The summed E-state index contributed by atoms with van der Waals surface area (Å²) in [7, 11) is 0. The van der Waals surface area contributed by atoms with Gasteiger partial charge in [0.25, 0.3) is 0 Å². The molecule has 4 rings (SSSR count). The predicted octanol–water partition coefficient (Wildman–Crippen LogP) is 4.42. The first kappa shape index (κ1) is 16.9. The van der Waals surface area contributed by atoms with Crippen molar-refractivity contribution in [3.63, 3.8) is 0 Å². The number of carboxylic acid groups (broad SMARTS) is 2. The summed E-state index contributed by atoms with van der Waals surface area (Å²) in [5.41, 5.74) is 5.33. The van der Waals surface area contributed by atoms with Crippen LogP contribution in [0.3, 0.4) is 0 Å². The third kappa shape index (κ3) is 3.04. The van der Waals surface area contributed by atoms with Crippen LogP contribution in [0.1, 0.15) is 20.7 Å². The standard InChI is InChI=1S/C20H12N2O4S/c23-19(24)13-5-1-11(2-6-13)15-9-10-16(18-17(15)21-27-22-18)12-3-7-14(8-4-12)20(25)26/h1-10H,(H,23,24)(H,25,26). The topological polar surface area (TPSA) is 100 Å². The van der Waals surface area contributed by atoms with Crippen molar-refractivity contribution in [2.75, 3.05) is 0 Å². The molecule has 0 aliphatic carbocycles. The van der Waals surface area contributed by atoms with Gasteiger partial charge in [-0.25, -0.2) is 9.59 Å². The van der Waals surface area contributed by atoms with E-state index in [0.717, 1.165) is 45.0 Å². The lowest BCUT2D eigenvalue weighted by molar-refractivity contribution is 0.0686. The molecule has 1 aromatic heterocycles. The highest BCUT2D eigenvalue weighted by Crippen LogP contribution is 2.34. The molecule has 2 N–H and O–H groups in total. The average Bonchev–Trinajstić information content (AvgIpc) is 3.17. The fourth-order valence-corrected chi connectivity index (χ4v) is 3.49. The first-order valence-electron chi connectivity index (χ1n) is 7.97. The largest absolute Gasteiger partial charge is 0.478 e. The average molecular weight is 376 g/mol. The SMILES string of the molecule is O=C(O)c1ccc(-c2ccc(-c3ccc(C(=O)O)cc3)c3nsnc23)cc1. The summed E-state index contributed by atoms with van der Waals surface area (Å²) in [6, 6.07) is 17.1. The fraction of sp³-hybridized carbons (Fsp3) is 0.